The zero-order chi connectivity index (χ0) is 20.8. The first-order valence-corrected chi connectivity index (χ1v) is 8.62. The fourth-order valence-electron chi connectivity index (χ4n) is 2.50. The number of para-hydroxylation sites is 1. The second-order valence-corrected chi connectivity index (χ2v) is 6.41. The standard InChI is InChI=1S/C18H24N4O6/c1-9(15(21)18(26)27-8-13(20)16(23)24)28-17(25)12(19)6-10-7-22-14-5-3-2-4-11(10)14/h2-5,7,9,12-13,15,22H,6,8,19-21H2,1H3,(H,23,24)/t9-,12+,13+,15+/m1/s1. The molecule has 152 valence electrons. The van der Waals surface area contributed by atoms with Crippen LogP contribution in [0.25, 0.3) is 10.9 Å². The molecule has 2 aromatic rings. The lowest BCUT2D eigenvalue weighted by Crippen LogP contribution is -2.47. The third-order valence-corrected chi connectivity index (χ3v) is 4.22. The van der Waals surface area contributed by atoms with Gasteiger partial charge in [-0.3, -0.25) is 14.4 Å². The summed E-state index contributed by atoms with van der Waals surface area (Å²) in [6, 6.07) is 3.98. The van der Waals surface area contributed by atoms with Crippen LogP contribution < -0.4 is 17.2 Å². The number of rotatable bonds is 9. The number of benzene rings is 1. The highest BCUT2D eigenvalue weighted by Gasteiger charge is 2.29. The summed E-state index contributed by atoms with van der Waals surface area (Å²) in [7, 11) is 0. The largest absolute Gasteiger partial charge is 0.480 e. The van der Waals surface area contributed by atoms with E-state index in [4.69, 9.17) is 31.8 Å². The molecule has 28 heavy (non-hydrogen) atoms. The van der Waals surface area contributed by atoms with Gasteiger partial charge in [-0.15, -0.1) is 0 Å². The Labute approximate surface area is 160 Å². The summed E-state index contributed by atoms with van der Waals surface area (Å²) in [4.78, 5) is 37.8. The number of carboxylic acids is 1. The highest BCUT2D eigenvalue weighted by Crippen LogP contribution is 2.19. The number of carbonyl (C=O) groups excluding carboxylic acids is 2. The lowest BCUT2D eigenvalue weighted by atomic mass is 10.1. The maximum atomic E-state index is 12.2. The quantitative estimate of drug-likeness (QED) is 0.343. The molecule has 0 saturated heterocycles. The van der Waals surface area contributed by atoms with Gasteiger partial charge in [-0.1, -0.05) is 18.2 Å². The Bertz CT molecular complexity index is 851. The van der Waals surface area contributed by atoms with E-state index in [2.05, 4.69) is 4.98 Å². The molecule has 10 heteroatoms. The molecule has 0 saturated carbocycles. The van der Waals surface area contributed by atoms with Crippen molar-refractivity contribution in [3.8, 4) is 0 Å². The highest BCUT2D eigenvalue weighted by molar-refractivity contribution is 5.85. The fraction of sp³-hybridized carbons (Fsp3) is 0.389. The summed E-state index contributed by atoms with van der Waals surface area (Å²) in [5.41, 5.74) is 18.7. The number of aliphatic carboxylic acids is 1. The minimum atomic E-state index is -1.36. The summed E-state index contributed by atoms with van der Waals surface area (Å²) in [6.45, 7) is 0.877. The number of carboxylic acid groups (broad SMARTS) is 1. The van der Waals surface area contributed by atoms with Crippen LogP contribution in [0, 0.1) is 0 Å². The summed E-state index contributed by atoms with van der Waals surface area (Å²) in [6.07, 6.45) is 0.994. The summed E-state index contributed by atoms with van der Waals surface area (Å²) >= 11 is 0. The molecule has 0 unspecified atom stereocenters. The number of hydrogen-bond acceptors (Lipinski definition) is 8. The van der Waals surface area contributed by atoms with Gasteiger partial charge in [-0.2, -0.15) is 0 Å². The lowest BCUT2D eigenvalue weighted by Gasteiger charge is -2.21. The van der Waals surface area contributed by atoms with Crippen molar-refractivity contribution in [3.63, 3.8) is 0 Å². The third-order valence-electron chi connectivity index (χ3n) is 4.22. The highest BCUT2D eigenvalue weighted by atomic mass is 16.6. The van der Waals surface area contributed by atoms with Crippen molar-refractivity contribution in [2.24, 2.45) is 17.2 Å². The molecule has 10 nitrogen and oxygen atoms in total. The number of carbonyl (C=O) groups is 3. The Morgan fingerprint density at radius 3 is 2.46 bits per heavy atom. The topological polar surface area (TPSA) is 184 Å². The van der Waals surface area contributed by atoms with E-state index in [0.717, 1.165) is 16.5 Å². The van der Waals surface area contributed by atoms with Gasteiger partial charge in [0.25, 0.3) is 0 Å². The van der Waals surface area contributed by atoms with Crippen molar-refractivity contribution in [2.75, 3.05) is 6.61 Å². The van der Waals surface area contributed by atoms with Crippen molar-refractivity contribution in [1.29, 1.82) is 0 Å². The number of aromatic nitrogens is 1. The Kier molecular flexibility index (Phi) is 7.10. The first kappa shape index (κ1) is 21.4. The molecule has 4 atom stereocenters. The van der Waals surface area contributed by atoms with E-state index >= 15 is 0 Å². The smallest absolute Gasteiger partial charge is 0.326 e. The molecule has 1 aromatic heterocycles. The number of aromatic amines is 1. The molecule has 1 heterocycles. The summed E-state index contributed by atoms with van der Waals surface area (Å²) in [5.74, 6) is -2.96. The second-order valence-electron chi connectivity index (χ2n) is 6.41. The first-order valence-electron chi connectivity index (χ1n) is 8.62. The number of H-pyrrole nitrogens is 1. The van der Waals surface area contributed by atoms with Gasteiger partial charge in [0.2, 0.25) is 0 Å². The normalized spacial score (nSPS) is 15.4. The molecule has 0 aliphatic rings. The van der Waals surface area contributed by atoms with Gasteiger partial charge < -0.3 is 36.8 Å². The van der Waals surface area contributed by atoms with Crippen molar-refractivity contribution in [1.82, 2.24) is 4.98 Å². The van der Waals surface area contributed by atoms with E-state index < -0.39 is 48.7 Å². The van der Waals surface area contributed by atoms with Crippen LogP contribution in [0.1, 0.15) is 12.5 Å². The number of esters is 2. The molecule has 0 aliphatic carbocycles. The van der Waals surface area contributed by atoms with Crippen molar-refractivity contribution in [3.05, 3.63) is 36.0 Å². The van der Waals surface area contributed by atoms with E-state index in [1.807, 2.05) is 24.3 Å². The van der Waals surface area contributed by atoms with Crippen LogP contribution in [-0.2, 0) is 30.3 Å². The fourth-order valence-corrected chi connectivity index (χ4v) is 2.50. The van der Waals surface area contributed by atoms with Crippen LogP contribution >= 0.6 is 0 Å². The van der Waals surface area contributed by atoms with E-state index in [0.29, 0.717) is 0 Å². The van der Waals surface area contributed by atoms with Crippen molar-refractivity contribution >= 4 is 28.8 Å². The van der Waals surface area contributed by atoms with Gasteiger partial charge in [0.1, 0.15) is 30.8 Å². The van der Waals surface area contributed by atoms with Crippen molar-refractivity contribution in [2.45, 2.75) is 37.6 Å². The molecule has 0 aliphatic heterocycles. The van der Waals surface area contributed by atoms with Crippen LogP contribution in [0.15, 0.2) is 30.5 Å². The van der Waals surface area contributed by atoms with Crippen LogP contribution in [-0.4, -0.2) is 58.8 Å². The molecule has 8 N–H and O–H groups in total. The molecule has 0 spiro atoms. The molecular weight excluding hydrogens is 368 g/mol. The Morgan fingerprint density at radius 2 is 1.79 bits per heavy atom. The molecule has 2 rings (SSSR count). The maximum Gasteiger partial charge on any atom is 0.326 e. The minimum absolute atomic E-state index is 0.239. The predicted octanol–water partition coefficient (Wildman–Crippen LogP) is -0.748. The van der Waals surface area contributed by atoms with E-state index in [1.165, 1.54) is 6.92 Å². The zero-order valence-corrected chi connectivity index (χ0v) is 15.3. The second kappa shape index (κ2) is 9.31. The van der Waals surface area contributed by atoms with E-state index in [9.17, 15) is 14.4 Å². The number of nitrogens with one attached hydrogen (secondary N) is 1. The van der Waals surface area contributed by atoms with E-state index in [1.54, 1.807) is 6.20 Å². The monoisotopic (exact) mass is 392 g/mol. The number of fused-ring (bicyclic) bond motifs is 1. The minimum Gasteiger partial charge on any atom is -0.480 e. The zero-order valence-electron chi connectivity index (χ0n) is 15.3. The summed E-state index contributed by atoms with van der Waals surface area (Å²) < 4.78 is 9.89. The number of hydrogen-bond donors (Lipinski definition) is 5. The molecule has 1 aromatic carbocycles. The molecular formula is C18H24N4O6. The van der Waals surface area contributed by atoms with Gasteiger partial charge in [0.15, 0.2) is 0 Å². The van der Waals surface area contributed by atoms with Crippen LogP contribution in [0.4, 0.5) is 0 Å². The lowest BCUT2D eigenvalue weighted by molar-refractivity contribution is -0.157. The Hall–Kier alpha value is -2.95. The van der Waals surface area contributed by atoms with Gasteiger partial charge in [-0.05, 0) is 18.6 Å². The van der Waals surface area contributed by atoms with Gasteiger partial charge >= 0.3 is 17.9 Å². The molecule has 0 radical (unpaired) electrons. The number of ether oxygens (including phenoxy) is 2. The van der Waals surface area contributed by atoms with Crippen LogP contribution in [0.2, 0.25) is 0 Å². The first-order chi connectivity index (χ1) is 13.2. The summed E-state index contributed by atoms with van der Waals surface area (Å²) in [5, 5.41) is 9.61. The van der Waals surface area contributed by atoms with Gasteiger partial charge in [0, 0.05) is 23.5 Å². The molecule has 0 amide bonds. The van der Waals surface area contributed by atoms with Crippen LogP contribution in [0.3, 0.4) is 0 Å². The Balaban J connectivity index is 1.88. The maximum absolute atomic E-state index is 12.2. The van der Waals surface area contributed by atoms with Gasteiger partial charge in [-0.25, -0.2) is 0 Å². The van der Waals surface area contributed by atoms with Gasteiger partial charge in [0.05, 0.1) is 0 Å². The predicted molar refractivity (Wildman–Crippen MR) is 100 cm³/mol. The number of nitrogens with two attached hydrogens (primary N) is 3. The van der Waals surface area contributed by atoms with Crippen LogP contribution in [0.5, 0.6) is 0 Å². The average molecular weight is 392 g/mol. The van der Waals surface area contributed by atoms with Crippen molar-refractivity contribution < 1.29 is 29.0 Å². The molecule has 0 bridgehead atoms. The third kappa shape index (κ3) is 5.28. The van der Waals surface area contributed by atoms with E-state index in [-0.39, 0.29) is 6.42 Å². The Morgan fingerprint density at radius 1 is 1.11 bits per heavy atom. The molecule has 0 fully saturated rings. The average Bonchev–Trinajstić information content (AvgIpc) is 3.07. The SMILES string of the molecule is C[C@@H](OC(=O)[C@@H](N)Cc1c[nH]c2ccccc12)[C@H](N)C(=O)OC[C@H](N)C(=O)O.